The Bertz CT molecular complexity index is 631. The first-order valence-corrected chi connectivity index (χ1v) is 7.93. The summed E-state index contributed by atoms with van der Waals surface area (Å²) in [5.41, 5.74) is 2.00. The normalized spacial score (nSPS) is 11.6. The molecule has 116 valence electrons. The molecule has 2 N–H and O–H groups in total. The van der Waals surface area contributed by atoms with Gasteiger partial charge in [-0.2, -0.15) is 0 Å². The molecule has 0 amide bonds. The quantitative estimate of drug-likeness (QED) is 0.770. The second kappa shape index (κ2) is 8.01. The van der Waals surface area contributed by atoms with E-state index in [9.17, 15) is 0 Å². The number of nitrogens with one attached hydrogen (secondary N) is 2. The first kappa shape index (κ1) is 16.6. The van der Waals surface area contributed by atoms with Gasteiger partial charge in [0.05, 0.1) is 12.6 Å². The second-order valence-electron chi connectivity index (χ2n) is 4.83. The maximum atomic E-state index is 6.01. The van der Waals surface area contributed by atoms with Gasteiger partial charge in [0.25, 0.3) is 0 Å². The summed E-state index contributed by atoms with van der Waals surface area (Å²) in [6.07, 6.45) is 0. The van der Waals surface area contributed by atoms with Crippen LogP contribution in [0.4, 0.5) is 5.69 Å². The number of hydrogen-bond acceptors (Lipinski definition) is 2. The summed E-state index contributed by atoms with van der Waals surface area (Å²) in [6.45, 7) is 4.66. The Morgan fingerprint density at radius 3 is 2.59 bits per heavy atom. The highest BCUT2D eigenvalue weighted by atomic mass is 35.5. The molecule has 0 saturated heterocycles. The van der Waals surface area contributed by atoms with Crippen LogP contribution in [0.15, 0.2) is 48.5 Å². The zero-order valence-corrected chi connectivity index (χ0v) is 14.2. The van der Waals surface area contributed by atoms with Crippen molar-refractivity contribution in [1.29, 1.82) is 0 Å². The highest BCUT2D eigenvalue weighted by molar-refractivity contribution is 7.80. The zero-order valence-electron chi connectivity index (χ0n) is 12.6. The Morgan fingerprint density at radius 2 is 1.95 bits per heavy atom. The standard InChI is InChI=1S/C17H19ClN2OS/c1-3-21-16-9-7-15(8-10-16)20-17(22)19-12(2)13-5-4-6-14(18)11-13/h4-12H,3H2,1-2H3,(H2,19,20,22)/t12-/m1/s1. The molecule has 5 heteroatoms. The molecule has 0 aromatic heterocycles. The number of thiocarbonyl (C=S) groups is 1. The Kier molecular flexibility index (Phi) is 6.04. The Hall–Kier alpha value is -1.78. The van der Waals surface area contributed by atoms with Crippen LogP contribution in [-0.2, 0) is 0 Å². The van der Waals surface area contributed by atoms with Gasteiger partial charge in [0, 0.05) is 10.7 Å². The SMILES string of the molecule is CCOc1ccc(NC(=S)N[C@H](C)c2cccc(Cl)c2)cc1. The van der Waals surface area contributed by atoms with Gasteiger partial charge < -0.3 is 15.4 Å². The van der Waals surface area contributed by atoms with Gasteiger partial charge in [-0.15, -0.1) is 0 Å². The molecule has 3 nitrogen and oxygen atoms in total. The smallest absolute Gasteiger partial charge is 0.171 e. The molecule has 2 aromatic rings. The number of ether oxygens (including phenoxy) is 1. The molecule has 0 fully saturated rings. The minimum Gasteiger partial charge on any atom is -0.494 e. The minimum atomic E-state index is 0.0707. The monoisotopic (exact) mass is 334 g/mol. The molecule has 0 unspecified atom stereocenters. The predicted octanol–water partition coefficient (Wildman–Crippen LogP) is 4.79. The number of benzene rings is 2. The van der Waals surface area contributed by atoms with Crippen molar-refractivity contribution in [3.63, 3.8) is 0 Å². The van der Waals surface area contributed by atoms with Crippen LogP contribution in [0.1, 0.15) is 25.5 Å². The molecule has 22 heavy (non-hydrogen) atoms. The topological polar surface area (TPSA) is 33.3 Å². The minimum absolute atomic E-state index is 0.0707. The van der Waals surface area contributed by atoms with Crippen molar-refractivity contribution in [1.82, 2.24) is 5.32 Å². The Morgan fingerprint density at radius 1 is 1.23 bits per heavy atom. The maximum Gasteiger partial charge on any atom is 0.171 e. The first-order chi connectivity index (χ1) is 10.6. The molecule has 2 rings (SSSR count). The lowest BCUT2D eigenvalue weighted by Gasteiger charge is -2.17. The fraction of sp³-hybridized carbons (Fsp3) is 0.235. The van der Waals surface area contributed by atoms with Crippen LogP contribution in [0, 0.1) is 0 Å². The van der Waals surface area contributed by atoms with Crippen molar-refractivity contribution in [3.8, 4) is 5.75 Å². The highest BCUT2D eigenvalue weighted by Crippen LogP contribution is 2.18. The largest absolute Gasteiger partial charge is 0.494 e. The summed E-state index contributed by atoms with van der Waals surface area (Å²) in [5.74, 6) is 0.847. The van der Waals surface area contributed by atoms with E-state index < -0.39 is 0 Å². The average molecular weight is 335 g/mol. The van der Waals surface area contributed by atoms with E-state index in [1.807, 2.05) is 62.4 Å². The van der Waals surface area contributed by atoms with Crippen LogP contribution in [0.2, 0.25) is 5.02 Å². The zero-order chi connectivity index (χ0) is 15.9. The van der Waals surface area contributed by atoms with Crippen LogP contribution >= 0.6 is 23.8 Å². The van der Waals surface area contributed by atoms with E-state index in [-0.39, 0.29) is 6.04 Å². The molecule has 0 saturated carbocycles. The van der Waals surface area contributed by atoms with Gasteiger partial charge >= 0.3 is 0 Å². The molecular weight excluding hydrogens is 316 g/mol. The van der Waals surface area contributed by atoms with Gasteiger partial charge in [0.15, 0.2) is 5.11 Å². The number of hydrogen-bond donors (Lipinski definition) is 2. The molecule has 1 atom stereocenters. The molecule has 0 radical (unpaired) electrons. The molecule has 2 aromatic carbocycles. The lowest BCUT2D eigenvalue weighted by molar-refractivity contribution is 0.340. The fourth-order valence-corrected chi connectivity index (χ4v) is 2.52. The third-order valence-electron chi connectivity index (χ3n) is 3.12. The molecule has 0 heterocycles. The van der Waals surface area contributed by atoms with E-state index in [0.29, 0.717) is 11.7 Å². The van der Waals surface area contributed by atoms with Crippen molar-refractivity contribution in [3.05, 3.63) is 59.1 Å². The van der Waals surface area contributed by atoms with Gasteiger partial charge in [-0.3, -0.25) is 0 Å². The lowest BCUT2D eigenvalue weighted by atomic mass is 10.1. The van der Waals surface area contributed by atoms with E-state index >= 15 is 0 Å². The van der Waals surface area contributed by atoms with Crippen molar-refractivity contribution in [2.45, 2.75) is 19.9 Å². The van der Waals surface area contributed by atoms with Crippen LogP contribution in [0.25, 0.3) is 0 Å². The molecular formula is C17H19ClN2OS. The first-order valence-electron chi connectivity index (χ1n) is 7.14. The number of anilines is 1. The molecule has 0 spiro atoms. The van der Waals surface area contributed by atoms with E-state index in [1.54, 1.807) is 0 Å². The summed E-state index contributed by atoms with van der Waals surface area (Å²) in [4.78, 5) is 0. The third-order valence-corrected chi connectivity index (χ3v) is 3.57. The highest BCUT2D eigenvalue weighted by Gasteiger charge is 2.07. The molecule has 0 aliphatic heterocycles. The summed E-state index contributed by atoms with van der Waals surface area (Å²) in [7, 11) is 0. The number of rotatable bonds is 5. The van der Waals surface area contributed by atoms with E-state index in [2.05, 4.69) is 10.6 Å². The van der Waals surface area contributed by atoms with E-state index in [0.717, 1.165) is 22.0 Å². The second-order valence-corrected chi connectivity index (χ2v) is 5.68. The fourth-order valence-electron chi connectivity index (χ4n) is 2.02. The van der Waals surface area contributed by atoms with Crippen molar-refractivity contribution in [2.24, 2.45) is 0 Å². The molecule has 0 aliphatic carbocycles. The molecule has 0 bridgehead atoms. The predicted molar refractivity (Wildman–Crippen MR) is 96.8 cm³/mol. The van der Waals surface area contributed by atoms with Gasteiger partial charge in [-0.1, -0.05) is 23.7 Å². The van der Waals surface area contributed by atoms with Crippen LogP contribution < -0.4 is 15.4 Å². The van der Waals surface area contributed by atoms with Crippen molar-refractivity contribution < 1.29 is 4.74 Å². The Balaban J connectivity index is 1.92. The summed E-state index contributed by atoms with van der Waals surface area (Å²) < 4.78 is 5.41. The van der Waals surface area contributed by atoms with Gasteiger partial charge in [0.2, 0.25) is 0 Å². The Labute approximate surface area is 141 Å². The van der Waals surface area contributed by atoms with Crippen LogP contribution in [0.3, 0.4) is 0 Å². The molecule has 0 aliphatic rings. The van der Waals surface area contributed by atoms with Crippen LogP contribution in [0.5, 0.6) is 5.75 Å². The lowest BCUT2D eigenvalue weighted by Crippen LogP contribution is -2.30. The van der Waals surface area contributed by atoms with Crippen molar-refractivity contribution >= 4 is 34.6 Å². The average Bonchev–Trinajstić information content (AvgIpc) is 2.49. The summed E-state index contributed by atoms with van der Waals surface area (Å²) in [6, 6.07) is 15.5. The summed E-state index contributed by atoms with van der Waals surface area (Å²) >= 11 is 11.4. The maximum absolute atomic E-state index is 6.01. The van der Waals surface area contributed by atoms with Gasteiger partial charge in [-0.05, 0) is 68.0 Å². The van der Waals surface area contributed by atoms with Crippen LogP contribution in [-0.4, -0.2) is 11.7 Å². The van der Waals surface area contributed by atoms with E-state index in [4.69, 9.17) is 28.6 Å². The van der Waals surface area contributed by atoms with E-state index in [1.165, 1.54) is 0 Å². The summed E-state index contributed by atoms with van der Waals surface area (Å²) in [5, 5.41) is 7.69. The van der Waals surface area contributed by atoms with Gasteiger partial charge in [-0.25, -0.2) is 0 Å². The third kappa shape index (κ3) is 4.90. The van der Waals surface area contributed by atoms with Crippen molar-refractivity contribution in [2.75, 3.05) is 11.9 Å². The number of halogens is 1. The van der Waals surface area contributed by atoms with Gasteiger partial charge in [0.1, 0.15) is 5.75 Å².